The molecular weight excluding hydrogens is 378 g/mol. The summed E-state index contributed by atoms with van der Waals surface area (Å²) in [6.07, 6.45) is 2.51. The monoisotopic (exact) mass is 407 g/mol. The zero-order valence-corrected chi connectivity index (χ0v) is 16.9. The smallest absolute Gasteiger partial charge is 0.295 e. The Morgan fingerprint density at radius 1 is 1.31 bits per heavy atom. The van der Waals surface area contributed by atoms with Gasteiger partial charge in [-0.15, -0.1) is 20.2 Å². The molecule has 0 amide bonds. The van der Waals surface area contributed by atoms with Gasteiger partial charge in [-0.1, -0.05) is 50.3 Å². The highest BCUT2D eigenvalue weighted by Gasteiger charge is 2.38. The number of allylic oxidation sites excluding steroid dienone is 1. The fraction of sp³-hybridized carbons (Fsp3) is 0.600. The quantitative estimate of drug-likeness (QED) is 0.355. The van der Waals surface area contributed by atoms with Crippen LogP contribution in [0.3, 0.4) is 0 Å². The van der Waals surface area contributed by atoms with E-state index in [0.29, 0.717) is 23.9 Å². The van der Waals surface area contributed by atoms with Crippen LogP contribution in [0.5, 0.6) is 0 Å². The third kappa shape index (κ3) is 5.90. The second kappa shape index (κ2) is 9.69. The van der Waals surface area contributed by atoms with Crippen molar-refractivity contribution in [2.75, 3.05) is 13.2 Å². The van der Waals surface area contributed by atoms with Crippen LogP contribution < -0.4 is 5.73 Å². The minimum Gasteiger partial charge on any atom is -0.330 e. The molecule has 0 aliphatic heterocycles. The molecule has 0 heterocycles. The van der Waals surface area contributed by atoms with Gasteiger partial charge in [0.05, 0.1) is 0 Å². The van der Waals surface area contributed by atoms with E-state index in [9.17, 15) is 20.2 Å². The van der Waals surface area contributed by atoms with Gasteiger partial charge >= 0.3 is 0 Å². The van der Waals surface area contributed by atoms with Crippen molar-refractivity contribution >= 4 is 0 Å². The van der Waals surface area contributed by atoms with E-state index in [-0.39, 0.29) is 5.41 Å². The molecule has 0 aromatic heterocycles. The van der Waals surface area contributed by atoms with E-state index >= 15 is 0 Å². The highest BCUT2D eigenvalue weighted by atomic mass is 17.0. The first-order chi connectivity index (χ1) is 13.7. The van der Waals surface area contributed by atoms with Crippen LogP contribution in [0.15, 0.2) is 36.4 Å². The molecule has 1 fully saturated rings. The molecular formula is C20H29N3O6. The summed E-state index contributed by atoms with van der Waals surface area (Å²) >= 11 is 0. The molecule has 0 spiro atoms. The van der Waals surface area contributed by atoms with Gasteiger partial charge in [0.1, 0.15) is 6.61 Å². The van der Waals surface area contributed by atoms with Gasteiger partial charge in [-0.25, -0.2) is 0 Å². The minimum atomic E-state index is -1.20. The number of hydrogen-bond donors (Lipinski definition) is 1. The number of rotatable bonds is 10. The molecule has 1 saturated carbocycles. The van der Waals surface area contributed by atoms with Crippen LogP contribution in [0.25, 0.3) is 0 Å². The van der Waals surface area contributed by atoms with Crippen molar-refractivity contribution in [3.8, 4) is 0 Å². The van der Waals surface area contributed by atoms with Gasteiger partial charge in [-0.3, -0.25) is 0 Å². The van der Waals surface area contributed by atoms with Crippen LogP contribution in [0, 0.1) is 32.1 Å². The van der Waals surface area contributed by atoms with Crippen molar-refractivity contribution in [2.45, 2.75) is 51.0 Å². The molecule has 0 radical (unpaired) electrons. The molecule has 1 aliphatic rings. The van der Waals surface area contributed by atoms with Crippen molar-refractivity contribution in [2.24, 2.45) is 17.6 Å². The summed E-state index contributed by atoms with van der Waals surface area (Å²) in [5.74, 6) is 0.864. The third-order valence-corrected chi connectivity index (χ3v) is 5.89. The summed E-state index contributed by atoms with van der Waals surface area (Å²) in [5.41, 5.74) is 8.34. The Bertz CT molecular complexity index is 755. The van der Waals surface area contributed by atoms with E-state index in [4.69, 9.17) is 5.73 Å². The van der Waals surface area contributed by atoms with Crippen LogP contribution in [0.4, 0.5) is 0 Å². The fourth-order valence-corrected chi connectivity index (χ4v) is 4.46. The SMILES string of the molecule is C=C1CC(C)CC(C(C)(CCN)c2cccc(C(CO[N+](=O)[O-])O[N+](=O)[O-])c2)C1. The van der Waals surface area contributed by atoms with E-state index in [2.05, 4.69) is 30.1 Å². The molecule has 9 heteroatoms. The topological polar surface area (TPSA) is 131 Å². The Hall–Kier alpha value is -2.68. The molecule has 0 bridgehead atoms. The standard InChI is InChI=1S/C20H29N3O6/c1-14-9-15(2)11-18(10-14)20(3,7-8-21)17-6-4-5-16(12-17)19(29-23(26)27)13-28-22(24)25/h4-6,12,15,18-19H,1,7-11,13,21H2,2-3H3. The zero-order valence-electron chi connectivity index (χ0n) is 16.9. The Labute approximate surface area is 170 Å². The maximum Gasteiger partial charge on any atom is 0.295 e. The number of nitrogens with zero attached hydrogens (tertiary/aromatic N) is 2. The molecule has 4 atom stereocenters. The van der Waals surface area contributed by atoms with Crippen molar-refractivity contribution in [3.05, 3.63) is 67.8 Å². The molecule has 160 valence electrons. The fourth-order valence-electron chi connectivity index (χ4n) is 4.46. The second-order valence-corrected chi connectivity index (χ2v) is 8.11. The zero-order chi connectivity index (χ0) is 21.6. The van der Waals surface area contributed by atoms with Gasteiger partial charge < -0.3 is 15.4 Å². The molecule has 1 aromatic carbocycles. The van der Waals surface area contributed by atoms with Crippen LogP contribution in [0.1, 0.15) is 56.8 Å². The van der Waals surface area contributed by atoms with Gasteiger partial charge in [-0.05, 0) is 60.6 Å². The molecule has 29 heavy (non-hydrogen) atoms. The van der Waals surface area contributed by atoms with Gasteiger partial charge in [0.15, 0.2) is 6.10 Å². The first-order valence-corrected chi connectivity index (χ1v) is 9.71. The third-order valence-electron chi connectivity index (χ3n) is 5.89. The lowest BCUT2D eigenvalue weighted by molar-refractivity contribution is -0.792. The molecule has 2 rings (SSSR count). The molecule has 9 nitrogen and oxygen atoms in total. The summed E-state index contributed by atoms with van der Waals surface area (Å²) in [7, 11) is 0. The first kappa shape index (κ1) is 22.6. The summed E-state index contributed by atoms with van der Waals surface area (Å²) in [6.45, 7) is 8.50. The lowest BCUT2D eigenvalue weighted by Gasteiger charge is -2.43. The Kier molecular flexibility index (Phi) is 7.55. The minimum absolute atomic E-state index is 0.258. The van der Waals surface area contributed by atoms with Crippen molar-refractivity contribution in [3.63, 3.8) is 0 Å². The second-order valence-electron chi connectivity index (χ2n) is 8.11. The van der Waals surface area contributed by atoms with Gasteiger partial charge in [0.25, 0.3) is 10.2 Å². The predicted octanol–water partition coefficient (Wildman–Crippen LogP) is 3.74. The Morgan fingerprint density at radius 2 is 2.03 bits per heavy atom. The summed E-state index contributed by atoms with van der Waals surface area (Å²) in [5, 5.41) is 19.4. The number of benzene rings is 1. The first-order valence-electron chi connectivity index (χ1n) is 9.71. The normalized spacial score (nSPS) is 22.4. The van der Waals surface area contributed by atoms with Crippen LogP contribution >= 0.6 is 0 Å². The maximum absolute atomic E-state index is 10.9. The van der Waals surface area contributed by atoms with E-state index in [1.807, 2.05) is 12.1 Å². The average molecular weight is 407 g/mol. The molecule has 1 aliphatic carbocycles. The average Bonchev–Trinajstić information content (AvgIpc) is 2.64. The summed E-state index contributed by atoms with van der Waals surface area (Å²) < 4.78 is 0. The van der Waals surface area contributed by atoms with Crippen molar-refractivity contribution in [1.82, 2.24) is 0 Å². The molecule has 4 unspecified atom stereocenters. The largest absolute Gasteiger partial charge is 0.330 e. The van der Waals surface area contributed by atoms with Crippen LogP contribution in [0.2, 0.25) is 0 Å². The molecule has 2 N–H and O–H groups in total. The lowest BCUT2D eigenvalue weighted by Crippen LogP contribution is -2.37. The highest BCUT2D eigenvalue weighted by molar-refractivity contribution is 5.33. The highest BCUT2D eigenvalue weighted by Crippen LogP contribution is 2.46. The van der Waals surface area contributed by atoms with E-state index in [0.717, 1.165) is 31.2 Å². The number of hydrogen-bond acceptors (Lipinski definition) is 7. The maximum atomic E-state index is 10.9. The van der Waals surface area contributed by atoms with Gasteiger partial charge in [0, 0.05) is 0 Å². The van der Waals surface area contributed by atoms with E-state index < -0.39 is 22.9 Å². The molecule has 0 saturated heterocycles. The summed E-state index contributed by atoms with van der Waals surface area (Å²) in [4.78, 5) is 30.4. The van der Waals surface area contributed by atoms with Crippen LogP contribution in [-0.4, -0.2) is 23.3 Å². The number of nitrogens with two attached hydrogens (primary N) is 1. The van der Waals surface area contributed by atoms with Gasteiger partial charge in [-0.2, -0.15) is 0 Å². The lowest BCUT2D eigenvalue weighted by atomic mass is 9.62. The molecule has 1 aromatic rings. The van der Waals surface area contributed by atoms with Gasteiger partial charge in [0.2, 0.25) is 0 Å². The Balaban J connectivity index is 2.38. The summed E-state index contributed by atoms with van der Waals surface area (Å²) in [6, 6.07) is 7.21. The Morgan fingerprint density at radius 3 is 2.62 bits per heavy atom. The van der Waals surface area contributed by atoms with E-state index in [1.165, 1.54) is 5.57 Å². The van der Waals surface area contributed by atoms with Crippen molar-refractivity contribution < 1.29 is 19.8 Å². The van der Waals surface area contributed by atoms with Crippen molar-refractivity contribution in [1.29, 1.82) is 0 Å². The van der Waals surface area contributed by atoms with E-state index in [1.54, 1.807) is 12.1 Å². The van der Waals surface area contributed by atoms with Crippen LogP contribution in [-0.2, 0) is 15.1 Å². The predicted molar refractivity (Wildman–Crippen MR) is 107 cm³/mol.